The quantitative estimate of drug-likeness (QED) is 0.171. The van der Waals surface area contributed by atoms with E-state index in [1.54, 1.807) is 0 Å². The van der Waals surface area contributed by atoms with Gasteiger partial charge in [-0.1, -0.05) is 152 Å². The lowest BCUT2D eigenvalue weighted by Crippen LogP contribution is -1.96. The maximum absolute atomic E-state index is 2.45. The van der Waals surface area contributed by atoms with Crippen molar-refractivity contribution in [2.45, 2.75) is 0 Å². The van der Waals surface area contributed by atoms with Crippen LogP contribution in [-0.2, 0) is 0 Å². The highest BCUT2D eigenvalue weighted by atomic mass is 15.0. The van der Waals surface area contributed by atoms with Crippen LogP contribution in [0.5, 0.6) is 0 Å². The van der Waals surface area contributed by atoms with Crippen molar-refractivity contribution in [1.82, 2.24) is 9.13 Å². The fraction of sp³-hybridized carbons (Fsp3) is 0. The summed E-state index contributed by atoms with van der Waals surface area (Å²) in [5.74, 6) is 0. The summed E-state index contributed by atoms with van der Waals surface area (Å²) in [5.41, 5.74) is 14.4. The van der Waals surface area contributed by atoms with E-state index in [1.807, 2.05) is 0 Å². The van der Waals surface area contributed by atoms with Gasteiger partial charge in [0.15, 0.2) is 0 Å². The minimum absolute atomic E-state index is 1.14. The van der Waals surface area contributed by atoms with Gasteiger partial charge in [0.1, 0.15) is 0 Å². The van der Waals surface area contributed by atoms with Crippen LogP contribution in [0.25, 0.3) is 99.1 Å². The molecule has 252 valence electrons. The Hall–Kier alpha value is -7.16. The Balaban J connectivity index is 1.11. The standard InChI is InChI=1S/C52H34N2/c1-3-13-35(14-4-1)39-26-29-50-46(32-39)47-33-40(36-15-5-2-6-16-36)27-30-51(47)53(50)42-20-11-19-38(31-42)41-25-28-45-44-22-9-10-23-49(44)54(52(45)34-41)48-24-12-18-37-17-7-8-21-43(37)48/h1-34H. The van der Waals surface area contributed by atoms with Gasteiger partial charge in [-0.2, -0.15) is 0 Å². The monoisotopic (exact) mass is 686 g/mol. The van der Waals surface area contributed by atoms with E-state index in [0.717, 1.165) is 5.69 Å². The van der Waals surface area contributed by atoms with Crippen LogP contribution in [0, 0.1) is 0 Å². The van der Waals surface area contributed by atoms with Crippen LogP contribution in [-0.4, -0.2) is 9.13 Å². The number of fused-ring (bicyclic) bond motifs is 7. The van der Waals surface area contributed by atoms with E-state index >= 15 is 0 Å². The number of hydrogen-bond acceptors (Lipinski definition) is 0. The predicted octanol–water partition coefficient (Wildman–Crippen LogP) is 14.0. The minimum Gasteiger partial charge on any atom is -0.309 e. The van der Waals surface area contributed by atoms with Crippen LogP contribution < -0.4 is 0 Å². The molecule has 0 bridgehead atoms. The molecule has 2 nitrogen and oxygen atoms in total. The zero-order chi connectivity index (χ0) is 35.6. The topological polar surface area (TPSA) is 9.86 Å². The second kappa shape index (κ2) is 12.2. The van der Waals surface area contributed by atoms with Crippen molar-refractivity contribution in [1.29, 1.82) is 0 Å². The lowest BCUT2D eigenvalue weighted by molar-refractivity contribution is 1.18. The van der Waals surface area contributed by atoms with Crippen molar-refractivity contribution in [2.24, 2.45) is 0 Å². The lowest BCUT2D eigenvalue weighted by Gasteiger charge is -2.13. The molecule has 11 aromatic rings. The first-order valence-electron chi connectivity index (χ1n) is 18.6. The summed E-state index contributed by atoms with van der Waals surface area (Å²) in [6.07, 6.45) is 0. The highest BCUT2D eigenvalue weighted by molar-refractivity contribution is 6.13. The fourth-order valence-corrected chi connectivity index (χ4v) is 8.56. The molecule has 0 atom stereocenters. The van der Waals surface area contributed by atoms with Gasteiger partial charge >= 0.3 is 0 Å². The van der Waals surface area contributed by atoms with Crippen LogP contribution >= 0.6 is 0 Å². The van der Waals surface area contributed by atoms with Gasteiger partial charge in [0.25, 0.3) is 0 Å². The average molecular weight is 687 g/mol. The molecule has 2 heterocycles. The van der Waals surface area contributed by atoms with E-state index in [4.69, 9.17) is 0 Å². The summed E-state index contributed by atoms with van der Waals surface area (Å²) in [4.78, 5) is 0. The zero-order valence-electron chi connectivity index (χ0n) is 29.5. The Labute approximate surface area is 313 Å². The minimum atomic E-state index is 1.14. The number of rotatable bonds is 5. The molecule has 9 aromatic carbocycles. The van der Waals surface area contributed by atoms with E-state index in [2.05, 4.69) is 215 Å². The molecule has 11 rings (SSSR count). The van der Waals surface area contributed by atoms with Crippen molar-refractivity contribution < 1.29 is 0 Å². The molecule has 0 aliphatic heterocycles. The van der Waals surface area contributed by atoms with Gasteiger partial charge in [-0.15, -0.1) is 0 Å². The van der Waals surface area contributed by atoms with Crippen molar-refractivity contribution in [3.05, 3.63) is 206 Å². The highest BCUT2D eigenvalue weighted by Crippen LogP contribution is 2.40. The summed E-state index contributed by atoms with van der Waals surface area (Å²) in [7, 11) is 0. The molecule has 0 saturated carbocycles. The van der Waals surface area contributed by atoms with Crippen molar-refractivity contribution >= 4 is 54.4 Å². The van der Waals surface area contributed by atoms with Gasteiger partial charge in [0, 0.05) is 32.6 Å². The molecule has 0 unspecified atom stereocenters. The van der Waals surface area contributed by atoms with Gasteiger partial charge in [-0.25, -0.2) is 0 Å². The molecule has 2 aromatic heterocycles. The van der Waals surface area contributed by atoms with Crippen LogP contribution in [0.2, 0.25) is 0 Å². The normalized spacial score (nSPS) is 11.7. The van der Waals surface area contributed by atoms with Crippen molar-refractivity contribution in [2.75, 3.05) is 0 Å². The molecular weight excluding hydrogens is 653 g/mol. The first-order valence-corrected chi connectivity index (χ1v) is 18.6. The molecule has 2 heteroatoms. The third-order valence-corrected chi connectivity index (χ3v) is 11.1. The second-order valence-corrected chi connectivity index (χ2v) is 14.2. The maximum Gasteiger partial charge on any atom is 0.0547 e. The number of nitrogens with zero attached hydrogens (tertiary/aromatic N) is 2. The third kappa shape index (κ3) is 4.81. The Kier molecular flexibility index (Phi) is 6.90. The van der Waals surface area contributed by atoms with Crippen LogP contribution in [0.15, 0.2) is 206 Å². The SMILES string of the molecule is c1ccc(-c2ccc3c(c2)c2cc(-c4ccccc4)ccc2n3-c2cccc(-c3ccc4c5ccccc5n(-c5cccc6ccccc56)c4c3)c2)cc1. The Morgan fingerprint density at radius 2 is 0.741 bits per heavy atom. The first-order chi connectivity index (χ1) is 26.8. The summed E-state index contributed by atoms with van der Waals surface area (Å²) in [5, 5.41) is 7.49. The molecule has 0 fully saturated rings. The molecule has 0 N–H and O–H groups in total. The van der Waals surface area contributed by atoms with Crippen LogP contribution in [0.1, 0.15) is 0 Å². The van der Waals surface area contributed by atoms with Gasteiger partial charge in [-0.3, -0.25) is 0 Å². The Morgan fingerprint density at radius 1 is 0.241 bits per heavy atom. The third-order valence-electron chi connectivity index (χ3n) is 11.1. The van der Waals surface area contributed by atoms with Gasteiger partial charge in [-0.05, 0) is 93.4 Å². The zero-order valence-corrected chi connectivity index (χ0v) is 29.5. The number of hydrogen-bond donors (Lipinski definition) is 0. The lowest BCUT2D eigenvalue weighted by atomic mass is 10.0. The molecular formula is C52H34N2. The van der Waals surface area contributed by atoms with E-state index in [1.165, 1.54) is 93.5 Å². The Morgan fingerprint density at radius 3 is 1.46 bits per heavy atom. The predicted molar refractivity (Wildman–Crippen MR) is 229 cm³/mol. The molecule has 0 aliphatic rings. The largest absolute Gasteiger partial charge is 0.309 e. The highest BCUT2D eigenvalue weighted by Gasteiger charge is 2.17. The summed E-state index contributed by atoms with van der Waals surface area (Å²) >= 11 is 0. The van der Waals surface area contributed by atoms with E-state index < -0.39 is 0 Å². The molecule has 0 saturated heterocycles. The summed E-state index contributed by atoms with van der Waals surface area (Å²) in [6, 6.07) is 75.2. The molecule has 0 radical (unpaired) electrons. The number of benzene rings is 9. The Bertz CT molecular complexity index is 3100. The van der Waals surface area contributed by atoms with Crippen LogP contribution in [0.4, 0.5) is 0 Å². The first kappa shape index (κ1) is 30.5. The molecule has 0 amide bonds. The number of aromatic nitrogens is 2. The smallest absolute Gasteiger partial charge is 0.0547 e. The van der Waals surface area contributed by atoms with E-state index in [9.17, 15) is 0 Å². The van der Waals surface area contributed by atoms with Crippen molar-refractivity contribution in [3.8, 4) is 44.8 Å². The van der Waals surface area contributed by atoms with Gasteiger partial charge in [0.05, 0.1) is 27.8 Å². The van der Waals surface area contributed by atoms with E-state index in [0.29, 0.717) is 0 Å². The summed E-state index contributed by atoms with van der Waals surface area (Å²) in [6.45, 7) is 0. The van der Waals surface area contributed by atoms with Crippen LogP contribution in [0.3, 0.4) is 0 Å². The summed E-state index contributed by atoms with van der Waals surface area (Å²) < 4.78 is 4.88. The van der Waals surface area contributed by atoms with Gasteiger partial charge in [0.2, 0.25) is 0 Å². The maximum atomic E-state index is 2.45. The average Bonchev–Trinajstić information content (AvgIpc) is 3.76. The number of para-hydroxylation sites is 1. The molecule has 54 heavy (non-hydrogen) atoms. The molecule has 0 aliphatic carbocycles. The van der Waals surface area contributed by atoms with Crippen molar-refractivity contribution in [3.63, 3.8) is 0 Å². The second-order valence-electron chi connectivity index (χ2n) is 14.2. The van der Waals surface area contributed by atoms with E-state index in [-0.39, 0.29) is 0 Å². The van der Waals surface area contributed by atoms with Gasteiger partial charge < -0.3 is 9.13 Å². The fourth-order valence-electron chi connectivity index (χ4n) is 8.56. The molecule has 0 spiro atoms.